The van der Waals surface area contributed by atoms with E-state index in [9.17, 15) is 0 Å². The first-order valence-electron chi connectivity index (χ1n) is 7.80. The topological polar surface area (TPSA) is 4.93 Å². The number of nitrogens with zero attached hydrogens (tertiary/aromatic N) is 1. The molecule has 1 heterocycles. The van der Waals surface area contributed by atoms with Crippen molar-refractivity contribution in [2.24, 2.45) is 0 Å². The average Bonchev–Trinajstić information content (AvgIpc) is 3.04. The van der Waals surface area contributed by atoms with Gasteiger partial charge in [0.1, 0.15) is 0 Å². The lowest BCUT2D eigenvalue weighted by atomic mass is 9.99. The van der Waals surface area contributed by atoms with E-state index in [0.29, 0.717) is 0 Å². The van der Waals surface area contributed by atoms with Gasteiger partial charge in [0.25, 0.3) is 0 Å². The molecule has 0 unspecified atom stereocenters. The van der Waals surface area contributed by atoms with Crippen molar-refractivity contribution in [3.8, 4) is 0 Å². The molecule has 4 rings (SSSR count). The highest BCUT2D eigenvalue weighted by Crippen LogP contribution is 2.26. The summed E-state index contributed by atoms with van der Waals surface area (Å²) in [5, 5.41) is 1.25. The highest BCUT2D eigenvalue weighted by atomic mass is 14.9. The van der Waals surface area contributed by atoms with Crippen molar-refractivity contribution in [2.45, 2.75) is 0 Å². The van der Waals surface area contributed by atoms with Crippen LogP contribution < -0.4 is 0 Å². The maximum Gasteiger partial charge on any atom is 0.0522 e. The van der Waals surface area contributed by atoms with E-state index in [-0.39, 0.29) is 0 Å². The monoisotopic (exact) mass is 295 g/mol. The molecule has 1 aromatic heterocycles. The Hall–Kier alpha value is -3.06. The second-order valence-corrected chi connectivity index (χ2v) is 5.56. The lowest BCUT2D eigenvalue weighted by Gasteiger charge is -2.10. The first-order valence-corrected chi connectivity index (χ1v) is 7.80. The van der Waals surface area contributed by atoms with Gasteiger partial charge in [0.05, 0.1) is 5.52 Å². The second kappa shape index (κ2) is 5.98. The zero-order valence-corrected chi connectivity index (χ0v) is 12.8. The number of fused-ring (bicyclic) bond motifs is 1. The molecule has 23 heavy (non-hydrogen) atoms. The van der Waals surface area contributed by atoms with E-state index in [0.717, 1.165) is 0 Å². The smallest absolute Gasteiger partial charge is 0.0522 e. The average molecular weight is 295 g/mol. The Morgan fingerprint density at radius 3 is 1.83 bits per heavy atom. The fraction of sp³-hybridized carbons (Fsp3) is 0. The maximum atomic E-state index is 2.22. The molecule has 0 aliphatic heterocycles. The predicted molar refractivity (Wildman–Crippen MR) is 98.1 cm³/mol. The number of aromatic nitrogens is 1. The van der Waals surface area contributed by atoms with Crippen LogP contribution in [0, 0.1) is 0 Å². The molecule has 0 amide bonds. The van der Waals surface area contributed by atoms with Gasteiger partial charge in [-0.2, -0.15) is 0 Å². The molecule has 0 spiro atoms. The van der Waals surface area contributed by atoms with Gasteiger partial charge >= 0.3 is 0 Å². The van der Waals surface area contributed by atoms with Gasteiger partial charge in [-0.25, -0.2) is 0 Å². The van der Waals surface area contributed by atoms with E-state index < -0.39 is 0 Å². The van der Waals surface area contributed by atoms with Crippen molar-refractivity contribution in [1.29, 1.82) is 0 Å². The van der Waals surface area contributed by atoms with Crippen LogP contribution in [-0.4, -0.2) is 4.57 Å². The summed E-state index contributed by atoms with van der Waals surface area (Å²) >= 11 is 0. The predicted octanol–water partition coefficient (Wildman–Crippen LogP) is 5.69. The third kappa shape index (κ3) is 2.69. The van der Waals surface area contributed by atoms with Crippen LogP contribution in [-0.2, 0) is 0 Å². The zero-order valence-electron chi connectivity index (χ0n) is 12.8. The summed E-state index contributed by atoms with van der Waals surface area (Å²) < 4.78 is 2.20. The van der Waals surface area contributed by atoms with Crippen molar-refractivity contribution < 1.29 is 0 Å². The van der Waals surface area contributed by atoms with Crippen LogP contribution in [0.25, 0.3) is 22.7 Å². The molecule has 0 bridgehead atoms. The number of rotatable bonds is 3. The van der Waals surface area contributed by atoms with Gasteiger partial charge in [-0.1, -0.05) is 78.9 Å². The minimum atomic E-state index is 1.22. The van der Waals surface area contributed by atoms with Crippen molar-refractivity contribution >= 4 is 22.7 Å². The molecule has 0 radical (unpaired) electrons. The molecular weight excluding hydrogens is 278 g/mol. The molecular formula is C22H17N. The van der Waals surface area contributed by atoms with Crippen LogP contribution >= 0.6 is 0 Å². The highest BCUT2D eigenvalue weighted by molar-refractivity contribution is 5.91. The molecule has 0 saturated carbocycles. The summed E-state index contributed by atoms with van der Waals surface area (Å²) in [6.45, 7) is 0. The maximum absolute atomic E-state index is 2.22. The second-order valence-electron chi connectivity index (χ2n) is 5.56. The molecule has 0 aliphatic carbocycles. The Morgan fingerprint density at radius 1 is 0.609 bits per heavy atom. The fourth-order valence-corrected chi connectivity index (χ4v) is 2.91. The Balaban J connectivity index is 1.92. The van der Waals surface area contributed by atoms with Gasteiger partial charge in [0, 0.05) is 18.0 Å². The highest BCUT2D eigenvalue weighted by Gasteiger charge is 2.06. The van der Waals surface area contributed by atoms with Crippen LogP contribution in [0.15, 0.2) is 97.2 Å². The summed E-state index contributed by atoms with van der Waals surface area (Å²) in [6, 6.07) is 31.7. The molecule has 110 valence electrons. The first kappa shape index (κ1) is 13.6. The van der Waals surface area contributed by atoms with E-state index in [2.05, 4.69) is 108 Å². The minimum absolute atomic E-state index is 1.22. The Morgan fingerprint density at radius 2 is 1.17 bits per heavy atom. The number of hydrogen-bond donors (Lipinski definition) is 0. The summed E-state index contributed by atoms with van der Waals surface area (Å²) in [6.07, 6.45) is 4.34. The van der Waals surface area contributed by atoms with E-state index in [1.807, 2.05) is 0 Å². The lowest BCUT2D eigenvalue weighted by Crippen LogP contribution is -1.91. The molecule has 0 N–H and O–H groups in total. The van der Waals surface area contributed by atoms with Crippen molar-refractivity contribution in [2.75, 3.05) is 0 Å². The molecule has 1 heteroatoms. The zero-order chi connectivity index (χ0) is 15.5. The van der Waals surface area contributed by atoms with Gasteiger partial charge in [-0.05, 0) is 28.6 Å². The standard InChI is InChI=1S/C22H17N/c1-3-9-18(10-4-1)21(19-11-5-2-6-12-19)17-23-16-15-20-13-7-8-14-22(20)23/h1-17H. The van der Waals surface area contributed by atoms with E-state index in [4.69, 9.17) is 0 Å². The largest absolute Gasteiger partial charge is 0.323 e. The van der Waals surface area contributed by atoms with E-state index in [1.54, 1.807) is 0 Å². The van der Waals surface area contributed by atoms with E-state index >= 15 is 0 Å². The summed E-state index contributed by atoms with van der Waals surface area (Å²) in [4.78, 5) is 0. The Labute approximate surface area is 136 Å². The van der Waals surface area contributed by atoms with Crippen molar-refractivity contribution in [1.82, 2.24) is 4.57 Å². The molecule has 0 atom stereocenters. The quantitative estimate of drug-likeness (QED) is 0.457. The van der Waals surface area contributed by atoms with Gasteiger partial charge in [0.2, 0.25) is 0 Å². The van der Waals surface area contributed by atoms with Gasteiger partial charge in [-0.15, -0.1) is 0 Å². The third-order valence-electron chi connectivity index (χ3n) is 4.07. The van der Waals surface area contributed by atoms with Gasteiger partial charge in [-0.3, -0.25) is 0 Å². The molecule has 0 aliphatic rings. The normalized spacial score (nSPS) is 10.6. The Kier molecular flexibility index (Phi) is 3.53. The van der Waals surface area contributed by atoms with Crippen molar-refractivity contribution in [3.63, 3.8) is 0 Å². The fourth-order valence-electron chi connectivity index (χ4n) is 2.91. The van der Waals surface area contributed by atoms with Gasteiger partial charge < -0.3 is 4.57 Å². The molecule has 4 aromatic rings. The summed E-state index contributed by atoms with van der Waals surface area (Å²) in [5.74, 6) is 0. The SMILES string of the molecule is C(=C(c1ccccc1)c1ccccc1)n1ccc2ccccc21. The molecule has 1 nitrogen and oxygen atoms in total. The van der Waals surface area contributed by atoms with E-state index in [1.165, 1.54) is 27.6 Å². The van der Waals surface area contributed by atoms with Crippen LogP contribution in [0.1, 0.15) is 11.1 Å². The number of benzene rings is 3. The molecule has 3 aromatic carbocycles. The van der Waals surface area contributed by atoms with Crippen LogP contribution in [0.2, 0.25) is 0 Å². The minimum Gasteiger partial charge on any atom is -0.323 e. The van der Waals surface area contributed by atoms with Crippen molar-refractivity contribution in [3.05, 3.63) is 108 Å². The molecule has 0 saturated heterocycles. The van der Waals surface area contributed by atoms with Crippen LogP contribution in [0.4, 0.5) is 0 Å². The van der Waals surface area contributed by atoms with Gasteiger partial charge in [0.15, 0.2) is 0 Å². The van der Waals surface area contributed by atoms with Crippen LogP contribution in [0.5, 0.6) is 0 Å². The Bertz CT molecular complexity index is 905. The first-order chi connectivity index (χ1) is 11.4. The number of para-hydroxylation sites is 1. The van der Waals surface area contributed by atoms with Crippen LogP contribution in [0.3, 0.4) is 0 Å². The summed E-state index contributed by atoms with van der Waals surface area (Å²) in [5.41, 5.74) is 4.87. The third-order valence-corrected chi connectivity index (χ3v) is 4.07. The summed E-state index contributed by atoms with van der Waals surface area (Å²) in [7, 11) is 0. The number of hydrogen-bond acceptors (Lipinski definition) is 0. The molecule has 0 fully saturated rings. The lowest BCUT2D eigenvalue weighted by molar-refractivity contribution is 1.23.